The molecule has 0 aliphatic rings. The molecule has 0 amide bonds. The number of nitrogens with zero attached hydrogens (tertiary/aromatic N) is 1. The summed E-state index contributed by atoms with van der Waals surface area (Å²) in [4.78, 5) is 2.37. The molecular formula is C16H26F2N2. The van der Waals surface area contributed by atoms with Crippen molar-refractivity contribution >= 4 is 0 Å². The second-order valence-corrected chi connectivity index (χ2v) is 5.02. The van der Waals surface area contributed by atoms with Crippen molar-refractivity contribution in [1.82, 2.24) is 10.2 Å². The molecule has 0 saturated carbocycles. The maximum Gasteiger partial charge on any atom is 0.159 e. The maximum absolute atomic E-state index is 13.2. The molecule has 0 saturated heterocycles. The van der Waals surface area contributed by atoms with Gasteiger partial charge in [0.05, 0.1) is 0 Å². The van der Waals surface area contributed by atoms with Crippen LogP contribution >= 0.6 is 0 Å². The fourth-order valence-electron chi connectivity index (χ4n) is 2.39. The molecule has 1 aromatic rings. The van der Waals surface area contributed by atoms with Gasteiger partial charge in [-0.2, -0.15) is 0 Å². The molecule has 1 unspecified atom stereocenters. The second-order valence-electron chi connectivity index (χ2n) is 5.02. The highest BCUT2D eigenvalue weighted by atomic mass is 19.2. The predicted molar refractivity (Wildman–Crippen MR) is 79.9 cm³/mol. The van der Waals surface area contributed by atoms with Crippen molar-refractivity contribution in [3.05, 3.63) is 35.4 Å². The SMILES string of the molecule is CCNC(CCN(CC)CC)Cc1ccc(F)c(F)c1. The van der Waals surface area contributed by atoms with Gasteiger partial charge in [0.1, 0.15) is 0 Å². The molecule has 0 radical (unpaired) electrons. The molecule has 0 bridgehead atoms. The van der Waals surface area contributed by atoms with Crippen LogP contribution in [0.3, 0.4) is 0 Å². The summed E-state index contributed by atoms with van der Waals surface area (Å²) >= 11 is 0. The first-order chi connectivity index (χ1) is 9.60. The van der Waals surface area contributed by atoms with Crippen LogP contribution in [-0.4, -0.2) is 37.1 Å². The Hall–Kier alpha value is -1.00. The number of likely N-dealkylation sites (N-methyl/N-ethyl adjacent to an activating group) is 1. The number of halogens is 2. The largest absolute Gasteiger partial charge is 0.314 e. The van der Waals surface area contributed by atoms with Crippen LogP contribution in [0.5, 0.6) is 0 Å². The van der Waals surface area contributed by atoms with Crippen molar-refractivity contribution in [3.8, 4) is 0 Å². The van der Waals surface area contributed by atoms with Crippen molar-refractivity contribution < 1.29 is 8.78 Å². The Morgan fingerprint density at radius 3 is 2.35 bits per heavy atom. The third-order valence-corrected chi connectivity index (χ3v) is 3.65. The quantitative estimate of drug-likeness (QED) is 0.749. The molecule has 0 spiro atoms. The average molecular weight is 284 g/mol. The molecule has 114 valence electrons. The Bertz CT molecular complexity index is 392. The normalized spacial score (nSPS) is 12.9. The second kappa shape index (κ2) is 9.03. The van der Waals surface area contributed by atoms with E-state index >= 15 is 0 Å². The molecular weight excluding hydrogens is 258 g/mol. The van der Waals surface area contributed by atoms with Crippen molar-refractivity contribution in [2.24, 2.45) is 0 Å². The number of rotatable bonds is 9. The van der Waals surface area contributed by atoms with Gasteiger partial charge in [0.25, 0.3) is 0 Å². The Morgan fingerprint density at radius 1 is 1.10 bits per heavy atom. The summed E-state index contributed by atoms with van der Waals surface area (Å²) in [6.45, 7) is 10.4. The van der Waals surface area contributed by atoms with Crippen LogP contribution in [0.2, 0.25) is 0 Å². The van der Waals surface area contributed by atoms with Gasteiger partial charge in [0, 0.05) is 6.04 Å². The molecule has 0 aliphatic heterocycles. The van der Waals surface area contributed by atoms with Crippen molar-refractivity contribution in [1.29, 1.82) is 0 Å². The molecule has 0 aliphatic carbocycles. The number of hydrogen-bond acceptors (Lipinski definition) is 2. The summed E-state index contributed by atoms with van der Waals surface area (Å²) in [5.41, 5.74) is 0.842. The van der Waals surface area contributed by atoms with Crippen molar-refractivity contribution in [2.75, 3.05) is 26.2 Å². The fraction of sp³-hybridized carbons (Fsp3) is 0.625. The van der Waals surface area contributed by atoms with Gasteiger partial charge >= 0.3 is 0 Å². The minimum atomic E-state index is -0.781. The third-order valence-electron chi connectivity index (χ3n) is 3.65. The van der Waals surface area contributed by atoms with Crippen LogP contribution in [0, 0.1) is 11.6 Å². The van der Waals surface area contributed by atoms with E-state index in [4.69, 9.17) is 0 Å². The Kier molecular flexibility index (Phi) is 7.70. The number of hydrogen-bond donors (Lipinski definition) is 1. The Balaban J connectivity index is 2.59. The van der Waals surface area contributed by atoms with E-state index in [0.29, 0.717) is 6.04 Å². The molecule has 20 heavy (non-hydrogen) atoms. The topological polar surface area (TPSA) is 15.3 Å². The van der Waals surface area contributed by atoms with E-state index in [1.54, 1.807) is 6.07 Å². The van der Waals surface area contributed by atoms with Gasteiger partial charge < -0.3 is 10.2 Å². The van der Waals surface area contributed by atoms with Gasteiger partial charge in [-0.1, -0.05) is 26.8 Å². The molecule has 0 heterocycles. The molecule has 0 aromatic heterocycles. The zero-order valence-corrected chi connectivity index (χ0v) is 12.8. The first kappa shape index (κ1) is 17.1. The van der Waals surface area contributed by atoms with Crippen molar-refractivity contribution in [3.63, 3.8) is 0 Å². The fourth-order valence-corrected chi connectivity index (χ4v) is 2.39. The molecule has 0 fully saturated rings. The monoisotopic (exact) mass is 284 g/mol. The smallest absolute Gasteiger partial charge is 0.159 e. The zero-order valence-electron chi connectivity index (χ0n) is 12.8. The summed E-state index contributed by atoms with van der Waals surface area (Å²) < 4.78 is 26.2. The van der Waals surface area contributed by atoms with Gasteiger partial charge in [0.15, 0.2) is 11.6 Å². The van der Waals surface area contributed by atoms with Gasteiger partial charge in [-0.15, -0.1) is 0 Å². The Morgan fingerprint density at radius 2 is 1.80 bits per heavy atom. The van der Waals surface area contributed by atoms with Crippen LogP contribution in [0.1, 0.15) is 32.8 Å². The predicted octanol–water partition coefficient (Wildman–Crippen LogP) is 3.22. The zero-order chi connectivity index (χ0) is 15.0. The molecule has 1 N–H and O–H groups in total. The molecule has 1 atom stereocenters. The lowest BCUT2D eigenvalue weighted by atomic mass is 10.0. The first-order valence-corrected chi connectivity index (χ1v) is 7.50. The minimum Gasteiger partial charge on any atom is -0.314 e. The summed E-state index contributed by atoms with van der Waals surface area (Å²) in [5.74, 6) is -1.54. The summed E-state index contributed by atoms with van der Waals surface area (Å²) in [5, 5.41) is 3.43. The van der Waals surface area contributed by atoms with E-state index in [1.165, 1.54) is 12.1 Å². The molecule has 1 rings (SSSR count). The lowest BCUT2D eigenvalue weighted by Gasteiger charge is -2.23. The first-order valence-electron chi connectivity index (χ1n) is 7.50. The summed E-state index contributed by atoms with van der Waals surface area (Å²) in [7, 11) is 0. The lowest BCUT2D eigenvalue weighted by molar-refractivity contribution is 0.281. The standard InChI is InChI=1S/C16H26F2N2/c1-4-19-14(9-10-20(5-2)6-3)11-13-7-8-15(17)16(18)12-13/h7-8,12,14,19H,4-6,9-11H2,1-3H3. The summed E-state index contributed by atoms with van der Waals surface area (Å²) in [6, 6.07) is 4.47. The highest BCUT2D eigenvalue weighted by Gasteiger charge is 2.12. The van der Waals surface area contributed by atoms with Crippen LogP contribution in [0.25, 0.3) is 0 Å². The average Bonchev–Trinajstić information content (AvgIpc) is 2.44. The maximum atomic E-state index is 13.2. The van der Waals surface area contributed by atoms with E-state index in [2.05, 4.69) is 31.0 Å². The number of benzene rings is 1. The van der Waals surface area contributed by atoms with E-state index in [1.807, 2.05) is 0 Å². The van der Waals surface area contributed by atoms with Gasteiger partial charge in [0.2, 0.25) is 0 Å². The van der Waals surface area contributed by atoms with Gasteiger partial charge in [-0.05, 0) is 56.7 Å². The van der Waals surface area contributed by atoms with Gasteiger partial charge in [-0.25, -0.2) is 8.78 Å². The lowest BCUT2D eigenvalue weighted by Crippen LogP contribution is -2.35. The van der Waals surface area contributed by atoms with Crippen LogP contribution < -0.4 is 5.32 Å². The minimum absolute atomic E-state index is 0.297. The van der Waals surface area contributed by atoms with Crippen molar-refractivity contribution in [2.45, 2.75) is 39.7 Å². The number of nitrogens with one attached hydrogen (secondary N) is 1. The highest BCUT2D eigenvalue weighted by Crippen LogP contribution is 2.12. The van der Waals surface area contributed by atoms with Crippen LogP contribution in [-0.2, 0) is 6.42 Å². The van der Waals surface area contributed by atoms with Gasteiger partial charge in [-0.3, -0.25) is 0 Å². The Labute approximate surface area is 121 Å². The van der Waals surface area contributed by atoms with Crippen LogP contribution in [0.15, 0.2) is 18.2 Å². The van der Waals surface area contributed by atoms with E-state index in [-0.39, 0.29) is 0 Å². The van der Waals surface area contributed by atoms with E-state index in [9.17, 15) is 8.78 Å². The highest BCUT2D eigenvalue weighted by molar-refractivity contribution is 5.18. The summed E-state index contributed by atoms with van der Waals surface area (Å²) in [6.07, 6.45) is 1.74. The van der Waals surface area contributed by atoms with Crippen LogP contribution in [0.4, 0.5) is 8.78 Å². The van der Waals surface area contributed by atoms with E-state index in [0.717, 1.165) is 44.6 Å². The molecule has 2 nitrogen and oxygen atoms in total. The van der Waals surface area contributed by atoms with E-state index < -0.39 is 11.6 Å². The molecule has 1 aromatic carbocycles. The third kappa shape index (κ3) is 5.55. The molecule has 4 heteroatoms.